The van der Waals surface area contributed by atoms with Crippen LogP contribution in [0, 0.1) is 31.8 Å². The second-order valence-electron chi connectivity index (χ2n) is 33.7. The third kappa shape index (κ3) is 27.3. The summed E-state index contributed by atoms with van der Waals surface area (Å²) in [4.78, 5) is 14.4. The van der Waals surface area contributed by atoms with Crippen molar-refractivity contribution in [1.29, 1.82) is 5.26 Å². The number of benzene rings is 6. The smallest absolute Gasteiger partial charge is 0.496 e. The van der Waals surface area contributed by atoms with Crippen LogP contribution in [0.15, 0.2) is 146 Å². The molecule has 3 heterocycles. The van der Waals surface area contributed by atoms with Crippen molar-refractivity contribution in [1.82, 2.24) is 15.0 Å². The number of nitrogens with zero attached hydrogens (tertiary/aromatic N) is 4. The molecule has 1 aliphatic rings. The molecule has 9 aromatic rings. The van der Waals surface area contributed by atoms with E-state index in [9.17, 15) is 0 Å². The van der Waals surface area contributed by atoms with Gasteiger partial charge in [-0.2, -0.15) is 5.26 Å². The van der Waals surface area contributed by atoms with Crippen LogP contribution in [-0.4, -0.2) is 41.8 Å². The van der Waals surface area contributed by atoms with Crippen molar-refractivity contribution < 1.29 is 109 Å². The summed E-state index contributed by atoms with van der Waals surface area (Å²) in [5, 5.41) is 7.32. The molecular weight excluding hydrogens is 1500 g/mol. The van der Waals surface area contributed by atoms with E-state index in [1.54, 1.807) is 6.07 Å². The van der Waals surface area contributed by atoms with Crippen molar-refractivity contribution in [2.45, 2.75) is 222 Å². The van der Waals surface area contributed by atoms with E-state index in [2.05, 4.69) is 197 Å². The maximum Gasteiger partial charge on any atom is 2.00 e. The van der Waals surface area contributed by atoms with Crippen LogP contribution in [0.4, 0.5) is 0 Å². The van der Waals surface area contributed by atoms with E-state index in [4.69, 9.17) is 85.9 Å². The molecule has 111 heavy (non-hydrogen) atoms. The van der Waals surface area contributed by atoms with Crippen LogP contribution < -0.4 is 65.7 Å². The fourth-order valence-corrected chi connectivity index (χ4v) is 13.2. The SMILES string of the molecule is CC#N.COc1c2cc(C(C)(C)C)cc1Cc1cc(C(C)(C)C)cc(c1OCc1ccccn1)Cc1cc(C(C)(C)C)cc(c1OC)Cc1cc(C(C)(C)C)cc(c1OCc1ccccn1)Cc1cc(C(C)(C)C)cc(c1OC)Cc1cc(C(C)(C)C)cc(c1OCc1ccccn1)C2.O.[Cu+2].[O-][Cl+3]([O-])([O-])[O-].[O-][Cl+3]([O-])([O-])[O-]. The van der Waals surface area contributed by atoms with Gasteiger partial charge in [-0.3, -0.25) is 15.0 Å². The molecule has 0 saturated heterocycles. The van der Waals surface area contributed by atoms with Gasteiger partial charge in [0.25, 0.3) is 0 Å². The number of pyridine rings is 3. The van der Waals surface area contributed by atoms with Gasteiger partial charge in [0.1, 0.15) is 54.3 Å². The first-order valence-corrected chi connectivity index (χ1v) is 38.8. The van der Waals surface area contributed by atoms with Crippen molar-refractivity contribution in [3.63, 3.8) is 0 Å². The van der Waals surface area contributed by atoms with Crippen LogP contribution in [0.3, 0.4) is 0 Å². The quantitative estimate of drug-likeness (QED) is 0.103. The Bertz CT molecular complexity index is 3990. The molecule has 12 bridgehead atoms. The van der Waals surface area contributed by atoms with Crippen LogP contribution in [-0.2, 0) is 108 Å². The molecule has 6 aromatic carbocycles. The molecule has 10 rings (SSSR count). The number of rotatable bonds is 12. The monoisotopic (exact) mass is 1610 g/mol. The average molecular weight is 1610 g/mol. The second kappa shape index (κ2) is 38.6. The van der Waals surface area contributed by atoms with Crippen LogP contribution in [0.1, 0.15) is 249 Å². The van der Waals surface area contributed by atoms with Crippen molar-refractivity contribution in [3.8, 4) is 40.6 Å². The van der Waals surface area contributed by atoms with Crippen LogP contribution in [0.25, 0.3) is 0 Å². The summed E-state index contributed by atoms with van der Waals surface area (Å²) in [6, 6.07) is 48.3. The van der Waals surface area contributed by atoms with E-state index in [1.165, 1.54) is 40.3 Å². The minimum Gasteiger partial charge on any atom is -0.496 e. The van der Waals surface area contributed by atoms with Gasteiger partial charge in [-0.15, -0.1) is 20.5 Å². The number of hydrogen-bond donors (Lipinski definition) is 0. The summed E-state index contributed by atoms with van der Waals surface area (Å²) >= 11 is 0. The Morgan fingerprint density at radius 1 is 0.315 bits per heavy atom. The zero-order valence-corrected chi connectivity index (χ0v) is 70.7. The Morgan fingerprint density at radius 3 is 0.577 bits per heavy atom. The van der Waals surface area contributed by atoms with Gasteiger partial charge in [0.05, 0.1) is 44.5 Å². The Labute approximate surface area is 672 Å². The molecule has 19 nitrogen and oxygen atoms in total. The van der Waals surface area contributed by atoms with Crippen molar-refractivity contribution >= 4 is 0 Å². The summed E-state index contributed by atoms with van der Waals surface area (Å²) < 4.78 is 110. The molecule has 3 aromatic heterocycles. The molecule has 0 fully saturated rings. The fourth-order valence-electron chi connectivity index (χ4n) is 13.2. The van der Waals surface area contributed by atoms with Crippen LogP contribution in [0.5, 0.6) is 34.5 Å². The standard InChI is InChI=1S/C87H105N3O6.C2H3N.2ClHO4.Cu.H2O/c1-82(2,3)67-40-55-34-61-46-70(85(10,11)12)48-63(79(61)94-52-73-28-22-25-31-88-73)36-57-42-68(83(4,5)6)44-59(77(57)92-20)38-65-50-72(87(16,17)18)51-66(81(65)96-54-75-30-24-27-33-90-75)39-60-45-69(84(7,8)9)43-58(78(60)93-21)37-64-49-71(86(13,14)15)47-62(35-56(41-67)76(55)91-19)80(64)95-53-74-29-23-26-32-89-74;1-2-3;2*2-1(3,4)5;;/h22-33,40-51H,34-39,52-54H2,1-21H3;1H3;2*(H,2,3,4,5);;1H2/q;;;;+2;/p-2. The van der Waals surface area contributed by atoms with E-state index in [1.807, 2.05) is 94.5 Å². The fraction of sp³-hybridized carbons (Fsp3) is 0.416. The average Bonchev–Trinajstić information content (AvgIpc) is 0.768. The Morgan fingerprint density at radius 2 is 0.459 bits per heavy atom. The molecule has 0 saturated carbocycles. The zero-order valence-electron chi connectivity index (χ0n) is 68.3. The maximum absolute atomic E-state index is 8.49. The molecule has 0 atom stereocenters. The number of fused-ring (bicyclic) bond motifs is 12. The first-order chi connectivity index (χ1) is 50.6. The Balaban J connectivity index is 0.00000136. The Kier molecular flexibility index (Phi) is 32.4. The predicted octanol–water partition coefficient (Wildman–Crippen LogP) is 10.5. The number of ether oxygens (including phenoxy) is 6. The molecule has 2 N–H and O–H groups in total. The second-order valence-corrected chi connectivity index (χ2v) is 35.2. The topological polar surface area (TPSA) is 334 Å². The first-order valence-electron chi connectivity index (χ1n) is 36.3. The molecule has 0 amide bonds. The molecule has 0 spiro atoms. The summed E-state index contributed by atoms with van der Waals surface area (Å²) in [7, 11) is -4.41. The van der Waals surface area contributed by atoms with Crippen molar-refractivity contribution in [2.75, 3.05) is 21.3 Å². The predicted molar refractivity (Wildman–Crippen MR) is 408 cm³/mol. The minimum absolute atomic E-state index is 0. The maximum atomic E-state index is 8.49. The normalized spacial score (nSPS) is 12.7. The van der Waals surface area contributed by atoms with E-state index in [-0.39, 0.29) is 74.9 Å². The molecule has 22 heteroatoms. The molecule has 1 aliphatic carbocycles. The zero-order chi connectivity index (χ0) is 81.0. The molecule has 1 radical (unpaired) electrons. The largest absolute Gasteiger partial charge is 2.00 e. The van der Waals surface area contributed by atoms with Gasteiger partial charge < -0.3 is 33.9 Å². The summed E-state index contributed by atoms with van der Waals surface area (Å²) in [5.74, 6) is 4.99. The van der Waals surface area contributed by atoms with Crippen LogP contribution in [0.2, 0.25) is 0 Å². The molecular formula is C89H110Cl2CuN4O15. The van der Waals surface area contributed by atoms with Gasteiger partial charge in [-0.1, -0.05) is 216 Å². The van der Waals surface area contributed by atoms with Crippen LogP contribution >= 0.6 is 0 Å². The van der Waals surface area contributed by atoms with Gasteiger partial charge in [-0.25, -0.2) is 37.3 Å². The third-order valence-electron chi connectivity index (χ3n) is 18.8. The summed E-state index contributed by atoms with van der Waals surface area (Å²) in [5.41, 5.74) is 21.1. The number of hydrogen-bond acceptors (Lipinski definition) is 18. The number of aromatic nitrogens is 3. The number of halogens is 2. The van der Waals surface area contributed by atoms with Gasteiger partial charge in [0, 0.05) is 64.0 Å². The summed E-state index contributed by atoms with van der Waals surface area (Å²) in [6.45, 7) is 43.7. The van der Waals surface area contributed by atoms with Gasteiger partial charge in [-0.05, 0) is 169 Å². The van der Waals surface area contributed by atoms with Crippen molar-refractivity contribution in [3.05, 3.63) is 263 Å². The van der Waals surface area contributed by atoms with Gasteiger partial charge >= 0.3 is 17.1 Å². The molecule has 0 unspecified atom stereocenters. The molecule has 0 aliphatic heterocycles. The minimum atomic E-state index is -4.94. The van der Waals surface area contributed by atoms with E-state index in [0.717, 1.165) is 118 Å². The third-order valence-corrected chi connectivity index (χ3v) is 18.8. The summed E-state index contributed by atoms with van der Waals surface area (Å²) in [6.07, 6.45) is 8.65. The van der Waals surface area contributed by atoms with Crippen molar-refractivity contribution in [2.24, 2.45) is 0 Å². The van der Waals surface area contributed by atoms with Gasteiger partial charge in [0.2, 0.25) is 0 Å². The van der Waals surface area contributed by atoms with E-state index in [0.29, 0.717) is 38.5 Å². The van der Waals surface area contributed by atoms with E-state index < -0.39 is 20.5 Å². The molecule has 601 valence electrons. The Hall–Kier alpha value is -8.20. The van der Waals surface area contributed by atoms with Gasteiger partial charge in [0.15, 0.2) is 0 Å². The number of methoxy groups -OCH3 is 3. The van der Waals surface area contributed by atoms with E-state index >= 15 is 0 Å². The first kappa shape index (κ1) is 93.4. The number of nitriles is 1.